The molecule has 268 valence electrons. The summed E-state index contributed by atoms with van der Waals surface area (Å²) in [4.78, 5) is 93.3. The van der Waals surface area contributed by atoms with E-state index in [2.05, 4.69) is 41.6 Å². The molecule has 6 amide bonds. The third kappa shape index (κ3) is 9.11. The molecule has 2 aliphatic heterocycles. The lowest BCUT2D eigenvalue weighted by Crippen LogP contribution is -2.44. The lowest BCUT2D eigenvalue weighted by atomic mass is 10.3. The lowest BCUT2D eigenvalue weighted by molar-refractivity contribution is -0.129. The lowest BCUT2D eigenvalue weighted by Gasteiger charge is -2.15. The zero-order chi connectivity index (χ0) is 36.8. The molecule has 0 radical (unpaired) electrons. The number of carbonyl (C=O) groups is 6. The molecule has 2 saturated heterocycles. The minimum absolute atomic E-state index is 0.00137. The van der Waals surface area contributed by atoms with Crippen LogP contribution >= 0.6 is 71.5 Å². The summed E-state index contributed by atoms with van der Waals surface area (Å²) in [5, 5.41) is 1.12. The Kier molecular flexibility index (Phi) is 12.1. The van der Waals surface area contributed by atoms with E-state index in [0.717, 1.165) is 45.6 Å². The molecular formula is C30H26N10O6S6. The van der Waals surface area contributed by atoms with Crippen molar-refractivity contribution in [2.75, 3.05) is 24.6 Å². The van der Waals surface area contributed by atoms with E-state index in [9.17, 15) is 28.8 Å². The van der Waals surface area contributed by atoms with Crippen molar-refractivity contribution in [2.45, 2.75) is 23.2 Å². The van der Waals surface area contributed by atoms with E-state index in [0.29, 0.717) is 10.3 Å². The number of amides is 6. The summed E-state index contributed by atoms with van der Waals surface area (Å²) < 4.78 is 0.302. The molecule has 0 bridgehead atoms. The van der Waals surface area contributed by atoms with Crippen LogP contribution in [0.3, 0.4) is 0 Å². The predicted octanol–water partition coefficient (Wildman–Crippen LogP) is 2.33. The molecule has 2 aromatic carbocycles. The van der Waals surface area contributed by atoms with Gasteiger partial charge in [-0.2, -0.15) is 0 Å². The number of aromatic nitrogens is 4. The summed E-state index contributed by atoms with van der Waals surface area (Å²) in [5.74, 6) is -3.14. The van der Waals surface area contributed by atoms with Crippen LogP contribution in [0.25, 0.3) is 22.1 Å². The van der Waals surface area contributed by atoms with Crippen LogP contribution in [0.15, 0.2) is 68.7 Å². The molecule has 22 heteroatoms. The van der Waals surface area contributed by atoms with Crippen LogP contribution in [0.2, 0.25) is 0 Å². The van der Waals surface area contributed by atoms with E-state index in [4.69, 9.17) is 24.4 Å². The number of hydrazine groups is 2. The number of aromatic amines is 2. The first-order valence-corrected chi connectivity index (χ1v) is 19.6. The van der Waals surface area contributed by atoms with Crippen LogP contribution in [-0.2, 0) is 28.8 Å². The maximum atomic E-state index is 13.2. The number of fused-ring (bicyclic) bond motifs is 2. The van der Waals surface area contributed by atoms with Crippen molar-refractivity contribution in [1.29, 1.82) is 0 Å². The Bertz CT molecular complexity index is 1950. The number of benzene rings is 2. The number of carbonyl (C=O) groups excluding carboxylic acids is 6. The smallest absolute Gasteiger partial charge is 0.267 e. The molecule has 0 unspecified atom stereocenters. The van der Waals surface area contributed by atoms with E-state index < -0.39 is 35.4 Å². The molecule has 0 spiro atoms. The average Bonchev–Trinajstić information content (AvgIpc) is 3.89. The number of thiocarbonyl (C=S) groups is 2. The number of nitrogens with zero attached hydrogens (tertiary/aromatic N) is 4. The van der Waals surface area contributed by atoms with E-state index >= 15 is 0 Å². The van der Waals surface area contributed by atoms with Crippen molar-refractivity contribution in [3.63, 3.8) is 0 Å². The number of imidazole rings is 2. The molecule has 0 atom stereocenters. The molecule has 2 fully saturated rings. The van der Waals surface area contributed by atoms with Gasteiger partial charge in [0.1, 0.15) is 8.64 Å². The average molecular weight is 815 g/mol. The van der Waals surface area contributed by atoms with Crippen LogP contribution in [0.4, 0.5) is 0 Å². The van der Waals surface area contributed by atoms with Crippen LogP contribution in [0.1, 0.15) is 12.8 Å². The maximum absolute atomic E-state index is 13.2. The highest BCUT2D eigenvalue weighted by molar-refractivity contribution is 8.29. The van der Waals surface area contributed by atoms with Gasteiger partial charge < -0.3 is 9.97 Å². The Morgan fingerprint density at radius 2 is 1.02 bits per heavy atom. The largest absolute Gasteiger partial charge is 0.333 e. The first-order valence-electron chi connectivity index (χ1n) is 15.2. The van der Waals surface area contributed by atoms with Gasteiger partial charge in [-0.15, -0.1) is 0 Å². The summed E-state index contributed by atoms with van der Waals surface area (Å²) >= 11 is 14.9. The summed E-state index contributed by atoms with van der Waals surface area (Å²) in [7, 11) is 0. The second-order valence-electron chi connectivity index (χ2n) is 10.7. The predicted molar refractivity (Wildman–Crippen MR) is 206 cm³/mol. The Morgan fingerprint density at radius 3 is 1.42 bits per heavy atom. The third-order valence-electron chi connectivity index (χ3n) is 7.13. The number of hydrogen-bond acceptors (Lipinski definition) is 14. The van der Waals surface area contributed by atoms with Gasteiger partial charge in [-0.25, -0.2) is 9.97 Å². The molecule has 2 aliphatic rings. The normalized spacial score (nSPS) is 15.9. The van der Waals surface area contributed by atoms with Gasteiger partial charge >= 0.3 is 0 Å². The van der Waals surface area contributed by atoms with E-state index in [1.807, 2.05) is 48.5 Å². The maximum Gasteiger partial charge on any atom is 0.267 e. The Morgan fingerprint density at radius 1 is 0.635 bits per heavy atom. The first kappa shape index (κ1) is 37.3. The summed E-state index contributed by atoms with van der Waals surface area (Å²) in [5.41, 5.74) is 12.5. The first-order chi connectivity index (χ1) is 25.0. The zero-order valence-corrected chi connectivity index (χ0v) is 31.4. The van der Waals surface area contributed by atoms with E-state index in [1.54, 1.807) is 0 Å². The van der Waals surface area contributed by atoms with Crippen LogP contribution < -0.4 is 21.7 Å². The fourth-order valence-corrected chi connectivity index (χ4v) is 8.76. The molecule has 4 heterocycles. The SMILES string of the molecule is O=C(CCN1C(=O)/C(=C2\SC(=S)N(CCC(=O)NNC(=O)CSc3nc4ccccc4[nH]3)C2=O)SC1=S)NNC(=O)CSc1nc2ccccc2[nH]1. The highest BCUT2D eigenvalue weighted by Crippen LogP contribution is 2.42. The number of nitrogens with one attached hydrogen (secondary N) is 6. The number of hydrogen-bond donors (Lipinski definition) is 6. The molecular weight excluding hydrogens is 789 g/mol. The van der Waals surface area contributed by atoms with E-state index in [-0.39, 0.29) is 55.9 Å². The van der Waals surface area contributed by atoms with Crippen molar-refractivity contribution in [3.05, 3.63) is 58.3 Å². The number of para-hydroxylation sites is 4. The fourth-order valence-electron chi connectivity index (χ4n) is 4.62. The summed E-state index contributed by atoms with van der Waals surface area (Å²) in [6, 6.07) is 14.9. The Hall–Kier alpha value is -4.48. The molecule has 0 saturated carbocycles. The standard InChI is InChI=1S/C30H26N10O6S6/c41-19(35-37-21(43)13-49-27-31-15-5-1-2-6-16(15)32-27)9-11-39-25(45)23(51-29(39)47)24-26(46)40(30(48)52-24)12-10-20(42)36-38-22(44)14-50-28-33-17-7-3-4-8-18(17)34-28/h1-8H,9-14H2,(H,31,32)(H,33,34)(H,35,41)(H,36,42)(H,37,43)(H,38,44)/b24-23+. The van der Waals surface area contributed by atoms with Crippen LogP contribution in [0.5, 0.6) is 0 Å². The number of thioether (sulfide) groups is 4. The highest BCUT2D eigenvalue weighted by atomic mass is 32.2. The molecule has 6 N–H and O–H groups in total. The number of rotatable bonds is 12. The van der Waals surface area contributed by atoms with Gasteiger partial charge in [-0.05, 0) is 24.3 Å². The fraction of sp³-hybridized carbons (Fsp3) is 0.200. The van der Waals surface area contributed by atoms with Crippen molar-refractivity contribution >= 4 is 138 Å². The molecule has 6 rings (SSSR count). The van der Waals surface area contributed by atoms with Gasteiger partial charge in [-0.3, -0.25) is 60.3 Å². The third-order valence-corrected chi connectivity index (χ3v) is 11.9. The van der Waals surface area contributed by atoms with Gasteiger partial charge in [0, 0.05) is 25.9 Å². The van der Waals surface area contributed by atoms with Gasteiger partial charge in [0.2, 0.25) is 23.6 Å². The molecule has 16 nitrogen and oxygen atoms in total. The summed E-state index contributed by atoms with van der Waals surface area (Å²) in [6.07, 6.45) is -0.357. The van der Waals surface area contributed by atoms with Crippen molar-refractivity contribution in [1.82, 2.24) is 51.4 Å². The van der Waals surface area contributed by atoms with Gasteiger partial charge in [0.25, 0.3) is 11.8 Å². The van der Waals surface area contributed by atoms with E-state index in [1.165, 1.54) is 33.3 Å². The second-order valence-corrected chi connectivity index (χ2v) is 15.9. The topological polar surface area (TPSA) is 214 Å². The van der Waals surface area contributed by atoms with Crippen LogP contribution in [-0.4, -0.2) is 98.4 Å². The van der Waals surface area contributed by atoms with Gasteiger partial charge in [0.15, 0.2) is 10.3 Å². The highest BCUT2D eigenvalue weighted by Gasteiger charge is 2.42. The Balaban J connectivity index is 0.907. The quantitative estimate of drug-likeness (QED) is 0.0525. The minimum atomic E-state index is -0.560. The monoisotopic (exact) mass is 814 g/mol. The molecule has 0 aliphatic carbocycles. The number of H-pyrrole nitrogens is 2. The van der Waals surface area contributed by atoms with Crippen molar-refractivity contribution < 1.29 is 28.8 Å². The van der Waals surface area contributed by atoms with Gasteiger partial charge in [-0.1, -0.05) is 95.7 Å². The molecule has 4 aromatic rings. The van der Waals surface area contributed by atoms with Crippen molar-refractivity contribution in [3.8, 4) is 0 Å². The Labute approximate surface area is 322 Å². The minimum Gasteiger partial charge on any atom is -0.333 e. The zero-order valence-electron chi connectivity index (χ0n) is 26.5. The van der Waals surface area contributed by atoms with Gasteiger partial charge in [0.05, 0.1) is 43.4 Å². The molecule has 2 aromatic heterocycles. The summed E-state index contributed by atoms with van der Waals surface area (Å²) in [6.45, 7) is -0.181. The van der Waals surface area contributed by atoms with Crippen molar-refractivity contribution in [2.24, 2.45) is 0 Å². The second kappa shape index (κ2) is 16.9. The molecule has 52 heavy (non-hydrogen) atoms. The van der Waals surface area contributed by atoms with Crippen LogP contribution in [0, 0.1) is 0 Å².